The van der Waals surface area contributed by atoms with Crippen molar-refractivity contribution >= 4 is 28.5 Å². The normalized spacial score (nSPS) is 16.3. The highest BCUT2D eigenvalue weighted by Crippen LogP contribution is 2.38. The van der Waals surface area contributed by atoms with Crippen LogP contribution >= 0.6 is 0 Å². The van der Waals surface area contributed by atoms with E-state index in [0.29, 0.717) is 30.2 Å². The van der Waals surface area contributed by atoms with Crippen molar-refractivity contribution in [2.45, 2.75) is 50.3 Å². The van der Waals surface area contributed by atoms with Crippen LogP contribution in [0.25, 0.3) is 11.1 Å². The zero-order chi connectivity index (χ0) is 29.8. The number of anilines is 2. The number of aliphatic hydroxyl groups is 1. The van der Waals surface area contributed by atoms with Gasteiger partial charge in [0, 0.05) is 36.1 Å². The van der Waals surface area contributed by atoms with E-state index in [1.54, 1.807) is 36.4 Å². The topological polar surface area (TPSA) is 116 Å². The van der Waals surface area contributed by atoms with E-state index in [2.05, 4.69) is 5.32 Å². The Morgan fingerprint density at radius 3 is 2.37 bits per heavy atom. The maximum atomic E-state index is 13.6. The quantitative estimate of drug-likeness (QED) is 0.317. The number of hydrogen-bond donors (Lipinski definition) is 2. The van der Waals surface area contributed by atoms with Gasteiger partial charge in [-0.1, -0.05) is 55.7 Å². The van der Waals surface area contributed by atoms with Crippen LogP contribution in [0.4, 0.5) is 24.5 Å². The minimum atomic E-state index is -4.79. The summed E-state index contributed by atoms with van der Waals surface area (Å²) in [4.78, 5) is 13.6. The van der Waals surface area contributed by atoms with Crippen LogP contribution in [-0.2, 0) is 28.7 Å². The molecule has 216 valence electrons. The predicted octanol–water partition coefficient (Wildman–Crippen LogP) is 5.97. The number of nitrogens with zero attached hydrogens (tertiary/aromatic N) is 2. The summed E-state index contributed by atoms with van der Waals surface area (Å²) < 4.78 is 64.4. The second-order valence-corrected chi connectivity index (χ2v) is 11.2. The molecule has 3 aromatic rings. The SMILES string of the molecule is CN(c1cccc(-c2cccc(CC(O)(C(=O)Nc3ccc(C#N)c(C(F)(F)F)c3)C3CCCCC3)c2)c1)S(=O)[O-]. The number of alkyl halides is 3. The third-order valence-electron chi connectivity index (χ3n) is 7.54. The second-order valence-electron chi connectivity index (χ2n) is 10.2. The first kappa shape index (κ1) is 30.2. The van der Waals surface area contributed by atoms with Crippen LogP contribution in [0.3, 0.4) is 0 Å². The van der Waals surface area contributed by atoms with Crippen LogP contribution in [0.15, 0.2) is 66.7 Å². The maximum Gasteiger partial charge on any atom is 0.417 e. The van der Waals surface area contributed by atoms with Crippen LogP contribution in [0.2, 0.25) is 0 Å². The molecule has 2 N–H and O–H groups in total. The van der Waals surface area contributed by atoms with Gasteiger partial charge in [-0.15, -0.1) is 0 Å². The molecule has 0 radical (unpaired) electrons. The third-order valence-corrected chi connectivity index (χ3v) is 8.20. The Hall–Kier alpha value is -3.72. The molecule has 11 heteroatoms. The molecule has 1 amide bonds. The molecule has 0 aliphatic heterocycles. The molecule has 1 aliphatic rings. The predicted molar refractivity (Wildman–Crippen MR) is 149 cm³/mol. The van der Waals surface area contributed by atoms with Crippen LogP contribution in [0.5, 0.6) is 0 Å². The highest BCUT2D eigenvalue weighted by Gasteiger charge is 2.44. The van der Waals surface area contributed by atoms with E-state index >= 15 is 0 Å². The lowest BCUT2D eigenvalue weighted by atomic mass is 9.73. The maximum absolute atomic E-state index is 13.6. The zero-order valence-corrected chi connectivity index (χ0v) is 23.1. The largest absolute Gasteiger partial charge is 0.755 e. The Kier molecular flexibility index (Phi) is 9.17. The minimum Gasteiger partial charge on any atom is -0.755 e. The monoisotopic (exact) mass is 584 g/mol. The number of nitrogens with one attached hydrogen (secondary N) is 1. The van der Waals surface area contributed by atoms with Crippen molar-refractivity contribution in [3.8, 4) is 17.2 Å². The first-order valence-corrected chi connectivity index (χ1v) is 14.1. The molecule has 41 heavy (non-hydrogen) atoms. The van der Waals surface area contributed by atoms with Gasteiger partial charge in [-0.05, 0) is 65.8 Å². The molecule has 0 heterocycles. The Morgan fingerprint density at radius 2 is 1.73 bits per heavy atom. The van der Waals surface area contributed by atoms with Gasteiger partial charge in [-0.3, -0.25) is 9.00 Å². The van der Waals surface area contributed by atoms with Crippen molar-refractivity contribution in [1.29, 1.82) is 5.26 Å². The van der Waals surface area contributed by atoms with Gasteiger partial charge in [-0.25, -0.2) is 0 Å². The van der Waals surface area contributed by atoms with E-state index in [1.807, 2.05) is 12.1 Å². The summed E-state index contributed by atoms with van der Waals surface area (Å²) >= 11 is -2.45. The van der Waals surface area contributed by atoms with E-state index in [-0.39, 0.29) is 12.1 Å². The van der Waals surface area contributed by atoms with Gasteiger partial charge >= 0.3 is 6.18 Å². The number of amides is 1. The molecular formula is C30H29F3N3O4S-. The van der Waals surface area contributed by atoms with E-state index in [4.69, 9.17) is 5.26 Å². The van der Waals surface area contributed by atoms with Crippen molar-refractivity contribution in [1.82, 2.24) is 0 Å². The molecule has 1 saturated carbocycles. The minimum absolute atomic E-state index is 0.0794. The van der Waals surface area contributed by atoms with Gasteiger partial charge in [0.1, 0.15) is 5.60 Å². The number of carbonyl (C=O) groups is 1. The Morgan fingerprint density at radius 1 is 1.07 bits per heavy atom. The third kappa shape index (κ3) is 6.96. The van der Waals surface area contributed by atoms with Gasteiger partial charge in [0.2, 0.25) is 0 Å². The zero-order valence-electron chi connectivity index (χ0n) is 22.3. The fourth-order valence-corrected chi connectivity index (χ4v) is 5.61. The second kappa shape index (κ2) is 12.4. The van der Waals surface area contributed by atoms with Crippen molar-refractivity contribution in [3.05, 3.63) is 83.4 Å². The fourth-order valence-electron chi connectivity index (χ4n) is 5.32. The van der Waals surface area contributed by atoms with Crippen molar-refractivity contribution < 1.29 is 31.8 Å². The molecule has 2 atom stereocenters. The average Bonchev–Trinajstić information content (AvgIpc) is 2.96. The molecule has 2 unspecified atom stereocenters. The number of nitriles is 1. The number of halogens is 3. The highest BCUT2D eigenvalue weighted by atomic mass is 32.2. The summed E-state index contributed by atoms with van der Waals surface area (Å²) in [5.74, 6) is -1.22. The van der Waals surface area contributed by atoms with Crippen LogP contribution in [0.1, 0.15) is 48.8 Å². The first-order valence-electron chi connectivity index (χ1n) is 13.1. The number of hydrogen-bond acceptors (Lipinski definition) is 5. The number of benzene rings is 3. The molecule has 3 aromatic carbocycles. The lowest BCUT2D eigenvalue weighted by molar-refractivity contribution is -0.142. The Bertz CT molecular complexity index is 1480. The summed E-state index contributed by atoms with van der Waals surface area (Å²) in [5.41, 5.74) is -1.25. The van der Waals surface area contributed by atoms with Gasteiger partial charge in [0.25, 0.3) is 5.91 Å². The first-order chi connectivity index (χ1) is 19.4. The standard InChI is InChI=1S/C30H30F3N3O4S/c1-36(41(39)40)26-12-6-9-22(16-26)21-8-5-7-20(15-21)18-29(38,24-10-3-2-4-11-24)28(37)35-25-14-13-23(19-34)27(17-25)30(31,32)33/h5-9,12-17,24,38H,2-4,10-11,18H2,1H3,(H,35,37)(H,39,40)/p-1. The molecule has 0 spiro atoms. The summed E-state index contributed by atoms with van der Waals surface area (Å²) in [6, 6.07) is 18.5. The van der Waals surface area contributed by atoms with Gasteiger partial charge in [0.15, 0.2) is 0 Å². The molecule has 7 nitrogen and oxygen atoms in total. The molecule has 0 bridgehead atoms. The lowest BCUT2D eigenvalue weighted by Crippen LogP contribution is -2.51. The fraction of sp³-hybridized carbons (Fsp3) is 0.333. The van der Waals surface area contributed by atoms with E-state index in [1.165, 1.54) is 19.2 Å². The summed E-state index contributed by atoms with van der Waals surface area (Å²) in [6.45, 7) is 0. The van der Waals surface area contributed by atoms with Crippen molar-refractivity contribution in [2.75, 3.05) is 16.7 Å². The van der Waals surface area contributed by atoms with Crippen molar-refractivity contribution in [3.63, 3.8) is 0 Å². The number of rotatable bonds is 8. The highest BCUT2D eigenvalue weighted by molar-refractivity contribution is 7.80. The van der Waals surface area contributed by atoms with Gasteiger partial charge < -0.3 is 19.3 Å². The summed E-state index contributed by atoms with van der Waals surface area (Å²) in [5, 5.41) is 23.5. The molecule has 0 aromatic heterocycles. The molecule has 0 saturated heterocycles. The van der Waals surface area contributed by atoms with Crippen LogP contribution in [-0.4, -0.2) is 32.4 Å². The summed E-state index contributed by atoms with van der Waals surface area (Å²) in [7, 11) is 1.42. The lowest BCUT2D eigenvalue weighted by Gasteiger charge is -2.37. The van der Waals surface area contributed by atoms with Gasteiger partial charge in [-0.2, -0.15) is 18.4 Å². The Balaban J connectivity index is 1.66. The van der Waals surface area contributed by atoms with E-state index in [9.17, 15) is 31.8 Å². The van der Waals surface area contributed by atoms with E-state index in [0.717, 1.165) is 40.8 Å². The molecule has 1 fully saturated rings. The number of carbonyl (C=O) groups excluding carboxylic acids is 1. The summed E-state index contributed by atoms with van der Waals surface area (Å²) in [6.07, 6.45) is -1.09. The van der Waals surface area contributed by atoms with Crippen molar-refractivity contribution in [2.24, 2.45) is 5.92 Å². The Labute approximate surface area is 239 Å². The molecular weight excluding hydrogens is 555 g/mol. The van der Waals surface area contributed by atoms with Crippen LogP contribution < -0.4 is 9.62 Å². The van der Waals surface area contributed by atoms with Crippen LogP contribution in [0, 0.1) is 17.2 Å². The molecule has 4 rings (SSSR count). The molecule has 1 aliphatic carbocycles. The average molecular weight is 585 g/mol. The van der Waals surface area contributed by atoms with Gasteiger partial charge in [0.05, 0.1) is 17.2 Å². The smallest absolute Gasteiger partial charge is 0.417 e. The van der Waals surface area contributed by atoms with E-state index < -0.39 is 46.0 Å².